The van der Waals surface area contributed by atoms with E-state index in [1.807, 2.05) is 0 Å². The minimum Gasteiger partial charge on any atom is -0.394 e. The number of nitrogens with two attached hydrogens (primary N) is 2. The van der Waals surface area contributed by atoms with Gasteiger partial charge in [0.25, 0.3) is 0 Å². The topological polar surface area (TPSA) is 321 Å². The molecule has 2 heterocycles. The molecule has 0 aromatic carbocycles. The molecule has 3 rings (SSSR count). The van der Waals surface area contributed by atoms with E-state index in [9.17, 15) is 50.4 Å². The predicted octanol–water partition coefficient (Wildman–Crippen LogP) is -7.58. The van der Waals surface area contributed by atoms with Gasteiger partial charge < -0.3 is 87.2 Å². The first kappa shape index (κ1) is 32.5. The highest BCUT2D eigenvalue weighted by molar-refractivity contribution is 5.73. The number of hydrogen-bond acceptors (Lipinski definition) is 15. The van der Waals surface area contributed by atoms with Gasteiger partial charge in [-0.25, -0.2) is 9.59 Å². The maximum Gasteiger partial charge on any atom is 0.312 e. The highest BCUT2D eigenvalue weighted by atomic mass is 16.8. The number of rotatable bonds is 9. The average molecular weight is 586 g/mol. The number of carbonyl (C=O) groups is 2. The smallest absolute Gasteiger partial charge is 0.312 e. The fourth-order valence-corrected chi connectivity index (χ4v) is 5.24. The summed E-state index contributed by atoms with van der Waals surface area (Å²) >= 11 is 0. The number of likely N-dealkylation sites (N-methyl/N-ethyl adjacent to an activating group) is 1. The van der Waals surface area contributed by atoms with Gasteiger partial charge in [0.2, 0.25) is 0 Å². The zero-order valence-electron chi connectivity index (χ0n) is 21.7. The maximum absolute atomic E-state index is 11.7. The third-order valence-corrected chi connectivity index (χ3v) is 7.58. The molecule has 2 aliphatic heterocycles. The lowest BCUT2D eigenvalue weighted by Gasteiger charge is -2.47. The predicted molar refractivity (Wildman–Crippen MR) is 128 cm³/mol. The van der Waals surface area contributed by atoms with Crippen LogP contribution in [0.5, 0.6) is 0 Å². The van der Waals surface area contributed by atoms with Crippen molar-refractivity contribution < 1.29 is 69.4 Å². The fraction of sp³-hybridized carbons (Fsp3) is 0.905. The molecule has 1 aliphatic carbocycles. The second kappa shape index (κ2) is 12.9. The van der Waals surface area contributed by atoms with Crippen LogP contribution < -0.4 is 27.4 Å². The fourth-order valence-electron chi connectivity index (χ4n) is 5.24. The molecular weight excluding hydrogens is 546 g/mol. The Kier molecular flexibility index (Phi) is 10.5. The molecule has 0 aromatic rings. The first-order chi connectivity index (χ1) is 18.7. The summed E-state index contributed by atoms with van der Waals surface area (Å²) in [6, 6.07) is -6.59. The molecule has 0 spiro atoms. The molecule has 15 atom stereocenters. The summed E-state index contributed by atoms with van der Waals surface area (Å²) < 4.78 is 22.9. The number of aliphatic hydroxyl groups excluding tert-OH is 7. The number of urea groups is 2. The van der Waals surface area contributed by atoms with Gasteiger partial charge in [-0.05, 0) is 14.0 Å². The van der Waals surface area contributed by atoms with Gasteiger partial charge >= 0.3 is 12.1 Å². The molecule has 0 bridgehead atoms. The lowest BCUT2D eigenvalue weighted by atomic mass is 9.81. The molecule has 40 heavy (non-hydrogen) atoms. The number of carbonyl (C=O) groups excluding carboxylic acids is 2. The average Bonchev–Trinajstić information content (AvgIpc) is 3.13. The van der Waals surface area contributed by atoms with E-state index >= 15 is 0 Å². The van der Waals surface area contributed by atoms with Gasteiger partial charge in [0.05, 0.1) is 43.5 Å². The molecule has 0 aromatic heterocycles. The molecule has 15 unspecified atom stereocenters. The van der Waals surface area contributed by atoms with Crippen molar-refractivity contribution in [3.8, 4) is 0 Å². The van der Waals surface area contributed by atoms with Crippen molar-refractivity contribution in [2.45, 2.75) is 98.2 Å². The van der Waals surface area contributed by atoms with Crippen molar-refractivity contribution in [2.75, 3.05) is 20.3 Å². The second-order valence-electron chi connectivity index (χ2n) is 10.0. The molecule has 232 valence electrons. The third kappa shape index (κ3) is 6.11. The zero-order valence-corrected chi connectivity index (χ0v) is 21.7. The van der Waals surface area contributed by atoms with Crippen molar-refractivity contribution in [1.82, 2.24) is 16.0 Å². The number of nitrogens with one attached hydrogen (secondary N) is 3. The summed E-state index contributed by atoms with van der Waals surface area (Å²) in [5, 5.41) is 90.8. The van der Waals surface area contributed by atoms with Crippen LogP contribution in [0.3, 0.4) is 0 Å². The Labute approximate surface area is 227 Å². The van der Waals surface area contributed by atoms with Crippen molar-refractivity contribution in [3.05, 3.63) is 0 Å². The molecular formula is C21H39N5O14. The van der Waals surface area contributed by atoms with Crippen LogP contribution in [0.2, 0.25) is 0 Å². The summed E-state index contributed by atoms with van der Waals surface area (Å²) in [7, 11) is 1.41. The van der Waals surface area contributed by atoms with Crippen LogP contribution in [0, 0.1) is 0 Å². The first-order valence-electron chi connectivity index (χ1n) is 12.5. The molecule has 2 saturated heterocycles. The molecule has 3 fully saturated rings. The number of aliphatic hydroxyl groups is 8. The highest BCUT2D eigenvalue weighted by Gasteiger charge is 2.60. The molecule has 15 N–H and O–H groups in total. The van der Waals surface area contributed by atoms with Gasteiger partial charge in [0.15, 0.2) is 12.6 Å². The van der Waals surface area contributed by atoms with E-state index in [1.54, 1.807) is 0 Å². The minimum atomic E-state index is -2.19. The van der Waals surface area contributed by atoms with Crippen LogP contribution in [0.4, 0.5) is 9.59 Å². The van der Waals surface area contributed by atoms with E-state index in [1.165, 1.54) is 14.0 Å². The Morgan fingerprint density at radius 3 is 1.93 bits per heavy atom. The Balaban J connectivity index is 1.93. The minimum absolute atomic E-state index is 0.707. The maximum atomic E-state index is 11.7. The standard InChI is InChI=1S/C21H39N5O14/c1-5-21(36,4-28)16(40-17-9(24-2)13(32)10(29)6(3-27)38-17)18(37-5)39-15-8(26-20(23)35)11(30)7(25-19(22)34)12(31)14(15)33/h5-18,24,27-33,36H,3-4H2,1-2H3,(H3,22,25,34)(H3,23,26,35). The number of ether oxygens (including phenoxy) is 4. The quantitative estimate of drug-likeness (QED) is 0.119. The van der Waals surface area contributed by atoms with Gasteiger partial charge in [-0.3, -0.25) is 0 Å². The Morgan fingerprint density at radius 1 is 0.825 bits per heavy atom. The number of hydrogen-bond donors (Lipinski definition) is 13. The monoisotopic (exact) mass is 585 g/mol. The summed E-state index contributed by atoms with van der Waals surface area (Å²) in [5.41, 5.74) is 8.10. The van der Waals surface area contributed by atoms with Crippen molar-refractivity contribution in [3.63, 3.8) is 0 Å². The lowest BCUT2D eigenvalue weighted by Crippen LogP contribution is -2.73. The Morgan fingerprint density at radius 2 is 1.40 bits per heavy atom. The molecule has 19 nitrogen and oxygen atoms in total. The Hall–Kier alpha value is -1.98. The van der Waals surface area contributed by atoms with E-state index in [0.717, 1.165) is 0 Å². The van der Waals surface area contributed by atoms with E-state index in [-0.39, 0.29) is 0 Å². The van der Waals surface area contributed by atoms with Crippen LogP contribution in [-0.2, 0) is 18.9 Å². The van der Waals surface area contributed by atoms with E-state index in [2.05, 4.69) is 16.0 Å². The van der Waals surface area contributed by atoms with Crippen molar-refractivity contribution in [2.24, 2.45) is 11.5 Å². The van der Waals surface area contributed by atoms with Gasteiger partial charge in [0, 0.05) is 0 Å². The molecule has 4 amide bonds. The van der Waals surface area contributed by atoms with E-state index < -0.39 is 117 Å². The summed E-state index contributed by atoms with van der Waals surface area (Å²) in [5.74, 6) is 0. The highest BCUT2D eigenvalue weighted by Crippen LogP contribution is 2.38. The lowest BCUT2D eigenvalue weighted by molar-refractivity contribution is -0.318. The molecule has 0 radical (unpaired) electrons. The van der Waals surface area contributed by atoms with Gasteiger partial charge in [-0.2, -0.15) is 0 Å². The number of amides is 4. The Bertz CT molecular complexity index is 891. The summed E-state index contributed by atoms with van der Waals surface area (Å²) in [6.45, 7) is -0.299. The first-order valence-corrected chi connectivity index (χ1v) is 12.5. The molecule has 19 heteroatoms. The van der Waals surface area contributed by atoms with Gasteiger partial charge in [-0.15, -0.1) is 0 Å². The van der Waals surface area contributed by atoms with Crippen molar-refractivity contribution in [1.29, 1.82) is 0 Å². The van der Waals surface area contributed by atoms with Crippen molar-refractivity contribution >= 4 is 12.1 Å². The van der Waals surface area contributed by atoms with Crippen LogP contribution >= 0.6 is 0 Å². The van der Waals surface area contributed by atoms with E-state index in [0.29, 0.717) is 0 Å². The zero-order chi connectivity index (χ0) is 30.1. The SMILES string of the molecule is CNC1C(OC2C(OC3C(O)C(O)C(NC(N)=O)C(O)C3NC(N)=O)OC(C)C2(O)CO)OC(CO)C(O)C1O. The summed E-state index contributed by atoms with van der Waals surface area (Å²) in [4.78, 5) is 23.1. The normalized spacial score (nSPS) is 47.5. The van der Waals surface area contributed by atoms with Crippen LogP contribution in [0.1, 0.15) is 6.92 Å². The largest absolute Gasteiger partial charge is 0.394 e. The van der Waals surface area contributed by atoms with Gasteiger partial charge in [-0.1, -0.05) is 0 Å². The number of primary amides is 2. The van der Waals surface area contributed by atoms with E-state index in [4.69, 9.17) is 30.4 Å². The third-order valence-electron chi connectivity index (χ3n) is 7.58. The molecule has 1 saturated carbocycles. The van der Waals surface area contributed by atoms with Gasteiger partial charge in [0.1, 0.15) is 48.3 Å². The summed E-state index contributed by atoms with van der Waals surface area (Å²) in [6.07, 6.45) is -17.7. The van der Waals surface area contributed by atoms with Crippen LogP contribution in [0.15, 0.2) is 0 Å². The second-order valence-corrected chi connectivity index (χ2v) is 10.0. The van der Waals surface area contributed by atoms with Crippen LogP contribution in [-0.4, -0.2) is 164 Å². The molecule has 3 aliphatic rings. The van der Waals surface area contributed by atoms with Crippen LogP contribution in [0.25, 0.3) is 0 Å².